The van der Waals surface area contributed by atoms with Gasteiger partial charge in [0.15, 0.2) is 5.65 Å². The van der Waals surface area contributed by atoms with E-state index in [1.807, 2.05) is 6.92 Å². The quantitative estimate of drug-likeness (QED) is 0.660. The lowest BCUT2D eigenvalue weighted by Crippen LogP contribution is -2.19. The van der Waals surface area contributed by atoms with Crippen LogP contribution in [0.2, 0.25) is 0 Å². The third kappa shape index (κ3) is 3.02. The van der Waals surface area contributed by atoms with Crippen molar-refractivity contribution in [1.82, 2.24) is 14.5 Å². The molecule has 4 heteroatoms. The molecule has 4 nitrogen and oxygen atoms in total. The zero-order valence-corrected chi connectivity index (χ0v) is 16.4. The Morgan fingerprint density at radius 1 is 1.11 bits per heavy atom. The average molecular weight is 358 g/mol. The number of aromatic nitrogens is 3. The summed E-state index contributed by atoms with van der Waals surface area (Å²) in [7, 11) is 0. The van der Waals surface area contributed by atoms with Crippen LogP contribution in [-0.2, 0) is 18.4 Å². The molecule has 0 saturated heterocycles. The predicted molar refractivity (Wildman–Crippen MR) is 108 cm³/mol. The second-order valence-electron chi connectivity index (χ2n) is 7.82. The van der Waals surface area contributed by atoms with Gasteiger partial charge in [0.05, 0.1) is 18.0 Å². The van der Waals surface area contributed by atoms with E-state index in [9.17, 15) is 5.26 Å². The van der Waals surface area contributed by atoms with E-state index in [2.05, 4.69) is 54.8 Å². The molecule has 0 spiro atoms. The van der Waals surface area contributed by atoms with E-state index in [4.69, 9.17) is 9.97 Å². The number of pyridine rings is 1. The monoisotopic (exact) mass is 358 g/mol. The van der Waals surface area contributed by atoms with Gasteiger partial charge in [-0.05, 0) is 49.4 Å². The molecule has 2 heterocycles. The summed E-state index contributed by atoms with van der Waals surface area (Å²) in [6.45, 7) is 7.04. The number of benzene rings is 1. The first-order valence-corrected chi connectivity index (χ1v) is 9.90. The SMILES string of the molecule is CCc1nc2c(C)cc(C)nc2n1Cc1ccc(C2(C#N)CCCC2)cc1. The third-order valence-electron chi connectivity index (χ3n) is 5.94. The molecule has 1 saturated carbocycles. The van der Waals surface area contributed by atoms with E-state index < -0.39 is 0 Å². The van der Waals surface area contributed by atoms with Gasteiger partial charge in [-0.1, -0.05) is 44.0 Å². The number of nitrogens with zero attached hydrogens (tertiary/aromatic N) is 4. The summed E-state index contributed by atoms with van der Waals surface area (Å²) in [4.78, 5) is 9.59. The van der Waals surface area contributed by atoms with Crippen molar-refractivity contribution in [3.05, 3.63) is 58.5 Å². The van der Waals surface area contributed by atoms with Gasteiger partial charge in [-0.3, -0.25) is 0 Å². The van der Waals surface area contributed by atoms with Crippen LogP contribution in [0.25, 0.3) is 11.2 Å². The summed E-state index contributed by atoms with van der Waals surface area (Å²) in [6.07, 6.45) is 5.15. The minimum atomic E-state index is -0.273. The standard InChI is InChI=1S/C23H26N4/c1-4-20-26-21-16(2)13-17(3)25-22(21)27(20)14-18-7-9-19(10-8-18)23(15-24)11-5-6-12-23/h7-10,13H,4-6,11-12,14H2,1-3H3. The molecule has 0 amide bonds. The number of hydrogen-bond acceptors (Lipinski definition) is 3. The highest BCUT2D eigenvalue weighted by atomic mass is 15.1. The molecule has 4 rings (SSSR count). The Morgan fingerprint density at radius 3 is 2.44 bits per heavy atom. The van der Waals surface area contributed by atoms with Crippen LogP contribution < -0.4 is 0 Å². The van der Waals surface area contributed by atoms with Crippen molar-refractivity contribution < 1.29 is 0 Å². The smallest absolute Gasteiger partial charge is 0.160 e. The normalized spacial score (nSPS) is 15.9. The maximum absolute atomic E-state index is 9.71. The van der Waals surface area contributed by atoms with Crippen molar-refractivity contribution in [2.45, 2.75) is 64.8 Å². The zero-order valence-electron chi connectivity index (χ0n) is 16.4. The van der Waals surface area contributed by atoms with Crippen molar-refractivity contribution in [2.24, 2.45) is 0 Å². The second kappa shape index (κ2) is 6.81. The number of aryl methyl sites for hydroxylation is 3. The molecule has 1 aliphatic carbocycles. The highest BCUT2D eigenvalue weighted by Crippen LogP contribution is 2.40. The van der Waals surface area contributed by atoms with Gasteiger partial charge in [0.1, 0.15) is 11.3 Å². The first-order chi connectivity index (χ1) is 13.1. The molecule has 0 unspecified atom stereocenters. The Labute approximate surface area is 160 Å². The molecule has 0 aliphatic heterocycles. The largest absolute Gasteiger partial charge is 0.308 e. The van der Waals surface area contributed by atoms with E-state index in [0.717, 1.165) is 61.3 Å². The number of rotatable bonds is 4. The number of nitriles is 1. The summed E-state index contributed by atoms with van der Waals surface area (Å²) < 4.78 is 2.24. The fourth-order valence-electron chi connectivity index (χ4n) is 4.44. The Kier molecular flexibility index (Phi) is 4.47. The summed E-state index contributed by atoms with van der Waals surface area (Å²) in [5.74, 6) is 1.07. The molecular weight excluding hydrogens is 332 g/mol. The molecule has 1 fully saturated rings. The topological polar surface area (TPSA) is 54.5 Å². The highest BCUT2D eigenvalue weighted by molar-refractivity contribution is 5.76. The summed E-state index contributed by atoms with van der Waals surface area (Å²) in [5.41, 5.74) is 6.29. The van der Waals surface area contributed by atoms with Gasteiger partial charge in [0.25, 0.3) is 0 Å². The molecule has 1 aromatic carbocycles. The molecule has 138 valence electrons. The van der Waals surface area contributed by atoms with Crippen LogP contribution in [0.5, 0.6) is 0 Å². The Hall–Kier alpha value is -2.67. The molecular formula is C23H26N4. The van der Waals surface area contributed by atoms with E-state index in [1.54, 1.807) is 0 Å². The first kappa shape index (κ1) is 17.7. The Bertz CT molecular complexity index is 1020. The van der Waals surface area contributed by atoms with Gasteiger partial charge < -0.3 is 4.57 Å². The van der Waals surface area contributed by atoms with Crippen LogP contribution >= 0.6 is 0 Å². The summed E-state index contributed by atoms with van der Waals surface area (Å²) in [6, 6.07) is 13.3. The van der Waals surface area contributed by atoms with E-state index in [-0.39, 0.29) is 5.41 Å². The van der Waals surface area contributed by atoms with Crippen molar-refractivity contribution in [2.75, 3.05) is 0 Å². The molecule has 0 N–H and O–H groups in total. The molecule has 2 aromatic heterocycles. The minimum Gasteiger partial charge on any atom is -0.308 e. The van der Waals surface area contributed by atoms with Gasteiger partial charge in [-0.15, -0.1) is 0 Å². The van der Waals surface area contributed by atoms with Crippen LogP contribution in [0.1, 0.15) is 60.8 Å². The van der Waals surface area contributed by atoms with Crippen LogP contribution in [0, 0.1) is 25.2 Å². The van der Waals surface area contributed by atoms with Gasteiger partial charge in [0, 0.05) is 12.1 Å². The maximum Gasteiger partial charge on any atom is 0.160 e. The van der Waals surface area contributed by atoms with Crippen molar-refractivity contribution in [3.63, 3.8) is 0 Å². The third-order valence-corrected chi connectivity index (χ3v) is 5.94. The average Bonchev–Trinajstić information content (AvgIpc) is 3.29. The van der Waals surface area contributed by atoms with Gasteiger partial charge in [-0.25, -0.2) is 9.97 Å². The first-order valence-electron chi connectivity index (χ1n) is 9.90. The van der Waals surface area contributed by atoms with Crippen molar-refractivity contribution in [3.8, 4) is 6.07 Å². The van der Waals surface area contributed by atoms with Crippen LogP contribution in [0.4, 0.5) is 0 Å². The van der Waals surface area contributed by atoms with Gasteiger partial charge in [-0.2, -0.15) is 5.26 Å². The van der Waals surface area contributed by atoms with E-state index in [1.165, 1.54) is 16.7 Å². The van der Waals surface area contributed by atoms with E-state index >= 15 is 0 Å². The zero-order chi connectivity index (χ0) is 19.0. The Morgan fingerprint density at radius 2 is 1.81 bits per heavy atom. The van der Waals surface area contributed by atoms with Crippen molar-refractivity contribution >= 4 is 11.2 Å². The molecule has 0 atom stereocenters. The summed E-state index contributed by atoms with van der Waals surface area (Å²) in [5, 5.41) is 9.71. The lowest BCUT2D eigenvalue weighted by molar-refractivity contribution is 0.572. The molecule has 27 heavy (non-hydrogen) atoms. The van der Waals surface area contributed by atoms with Gasteiger partial charge in [0.2, 0.25) is 0 Å². The molecule has 3 aromatic rings. The predicted octanol–water partition coefficient (Wildman–Crippen LogP) is 4.99. The minimum absolute atomic E-state index is 0.273. The second-order valence-corrected chi connectivity index (χ2v) is 7.82. The Balaban J connectivity index is 1.70. The number of fused-ring (bicyclic) bond motifs is 1. The highest BCUT2D eigenvalue weighted by Gasteiger charge is 2.35. The van der Waals surface area contributed by atoms with Gasteiger partial charge >= 0.3 is 0 Å². The lowest BCUT2D eigenvalue weighted by Gasteiger charge is -2.21. The van der Waals surface area contributed by atoms with Crippen LogP contribution in [0.3, 0.4) is 0 Å². The fraction of sp³-hybridized carbons (Fsp3) is 0.435. The number of hydrogen-bond donors (Lipinski definition) is 0. The van der Waals surface area contributed by atoms with E-state index in [0.29, 0.717) is 0 Å². The number of imidazole rings is 1. The van der Waals surface area contributed by atoms with Crippen molar-refractivity contribution in [1.29, 1.82) is 5.26 Å². The van der Waals surface area contributed by atoms with Crippen LogP contribution in [0.15, 0.2) is 30.3 Å². The molecule has 0 bridgehead atoms. The molecule has 0 radical (unpaired) electrons. The molecule has 1 aliphatic rings. The summed E-state index contributed by atoms with van der Waals surface area (Å²) >= 11 is 0. The fourth-order valence-corrected chi connectivity index (χ4v) is 4.44. The van der Waals surface area contributed by atoms with Crippen LogP contribution in [-0.4, -0.2) is 14.5 Å². The maximum atomic E-state index is 9.71. The lowest BCUT2D eigenvalue weighted by atomic mass is 9.80.